The average molecular weight is 765 g/mol. The van der Waals surface area contributed by atoms with Gasteiger partial charge in [-0.1, -0.05) is 34.6 Å². The molecule has 12 N–H and O–H groups in total. The lowest BCUT2D eigenvalue weighted by Crippen LogP contribution is -2.35. The highest BCUT2D eigenvalue weighted by Gasteiger charge is 2.48. The first-order chi connectivity index (χ1) is 23.2. The second-order valence-electron chi connectivity index (χ2n) is 10.2. The lowest BCUT2D eigenvalue weighted by atomic mass is 9.89. The number of imidazole rings is 1. The number of carbonyl (C=O) groups excluding carboxylic acids is 2. The summed E-state index contributed by atoms with van der Waals surface area (Å²) in [5.74, 6) is 0.116. The zero-order valence-corrected chi connectivity index (χ0v) is 30.9. The van der Waals surface area contributed by atoms with Gasteiger partial charge in [-0.3, -0.25) is 14.2 Å². The summed E-state index contributed by atoms with van der Waals surface area (Å²) in [7, 11) is -8.04. The van der Waals surface area contributed by atoms with Gasteiger partial charge in [0.2, 0.25) is 12.8 Å². The minimum Gasteiger partial charge on any atom is -0.393 e. The molecule has 0 spiro atoms. The van der Waals surface area contributed by atoms with E-state index in [-0.39, 0.29) is 23.6 Å². The Morgan fingerprint density at radius 2 is 1.69 bits per heavy atom. The first-order valence-corrected chi connectivity index (χ1v) is 18.4. The molecule has 3 rings (SSSR count). The molecule has 1 fully saturated rings. The molecule has 3 heterocycles. The summed E-state index contributed by atoms with van der Waals surface area (Å²) in [6, 6.07) is 0. The van der Waals surface area contributed by atoms with Gasteiger partial charge in [-0.25, -0.2) is 19.3 Å². The van der Waals surface area contributed by atoms with E-state index in [0.29, 0.717) is 25.9 Å². The Labute approximate surface area is 288 Å². The SMILES string of the molecule is CC.CC(O)C(C)(C)COP(O)OP(O)OCC1OC(n2cnc3c(N)ncnc32)C(O)C1OP(O)O.CCCNC=O.NCCNC=O. The zero-order chi connectivity index (χ0) is 37.6. The minimum atomic E-state index is -2.87. The van der Waals surface area contributed by atoms with Crippen molar-refractivity contribution in [3.05, 3.63) is 12.7 Å². The lowest BCUT2D eigenvalue weighted by Gasteiger charge is -2.28. The first-order valence-electron chi connectivity index (χ1n) is 15.0. The van der Waals surface area contributed by atoms with Gasteiger partial charge in [-0.2, -0.15) is 0 Å². The maximum atomic E-state index is 10.8. The lowest BCUT2D eigenvalue weighted by molar-refractivity contribution is -0.110. The highest BCUT2D eigenvalue weighted by atomic mass is 31.2. The van der Waals surface area contributed by atoms with E-state index >= 15 is 0 Å². The summed E-state index contributed by atoms with van der Waals surface area (Å²) in [6.45, 7) is 12.4. The number of fused-ring (bicyclic) bond motifs is 1. The number of nitrogens with zero attached hydrogens (tertiary/aromatic N) is 4. The summed E-state index contributed by atoms with van der Waals surface area (Å²) in [4.78, 5) is 69.4. The van der Waals surface area contributed by atoms with Gasteiger partial charge in [-0.15, -0.1) is 0 Å². The van der Waals surface area contributed by atoms with Crippen LogP contribution in [-0.4, -0.2) is 119 Å². The molecule has 7 unspecified atom stereocenters. The van der Waals surface area contributed by atoms with Crippen molar-refractivity contribution in [2.75, 3.05) is 38.6 Å². The number of ether oxygens (including phenoxy) is 1. The predicted molar refractivity (Wildman–Crippen MR) is 181 cm³/mol. The van der Waals surface area contributed by atoms with Crippen molar-refractivity contribution in [2.24, 2.45) is 11.1 Å². The van der Waals surface area contributed by atoms with E-state index in [0.717, 1.165) is 13.0 Å². The fraction of sp³-hybridized carbons (Fsp3) is 0.720. The summed E-state index contributed by atoms with van der Waals surface area (Å²) in [5, 5.41) is 25.4. The number of rotatable bonds is 18. The van der Waals surface area contributed by atoms with Gasteiger partial charge in [0.1, 0.15) is 30.2 Å². The normalized spacial score (nSPS) is 20.4. The van der Waals surface area contributed by atoms with E-state index in [1.54, 1.807) is 20.8 Å². The van der Waals surface area contributed by atoms with Gasteiger partial charge >= 0.3 is 25.8 Å². The molecule has 284 valence electrons. The molecule has 1 aliphatic rings. The van der Waals surface area contributed by atoms with Crippen LogP contribution in [0.4, 0.5) is 5.82 Å². The minimum absolute atomic E-state index is 0.0466. The van der Waals surface area contributed by atoms with Gasteiger partial charge in [0, 0.05) is 25.0 Å². The van der Waals surface area contributed by atoms with Gasteiger partial charge in [0.15, 0.2) is 17.7 Å². The van der Waals surface area contributed by atoms with E-state index in [4.69, 9.17) is 34.1 Å². The van der Waals surface area contributed by atoms with Crippen molar-refractivity contribution < 1.29 is 62.0 Å². The predicted octanol–water partition coefficient (Wildman–Crippen LogP) is 0.0184. The van der Waals surface area contributed by atoms with Crippen LogP contribution in [-0.2, 0) is 32.2 Å². The van der Waals surface area contributed by atoms with Crippen molar-refractivity contribution >= 4 is 55.6 Å². The third-order valence-corrected chi connectivity index (χ3v) is 8.47. The molecule has 7 atom stereocenters. The summed E-state index contributed by atoms with van der Waals surface area (Å²) < 4.78 is 27.4. The van der Waals surface area contributed by atoms with E-state index in [1.165, 1.54) is 17.2 Å². The van der Waals surface area contributed by atoms with Crippen LogP contribution in [0.15, 0.2) is 12.7 Å². The Kier molecular flexibility index (Phi) is 25.0. The molecule has 2 aromatic heterocycles. The van der Waals surface area contributed by atoms with Crippen molar-refractivity contribution in [2.45, 2.75) is 78.6 Å². The van der Waals surface area contributed by atoms with E-state index < -0.39 is 68.5 Å². The third-order valence-electron chi connectivity index (χ3n) is 6.20. The number of hydrogen-bond donors (Lipinski definition) is 10. The highest BCUT2D eigenvalue weighted by Crippen LogP contribution is 2.51. The molecule has 0 saturated carbocycles. The molecule has 0 radical (unpaired) electrons. The molecule has 49 heavy (non-hydrogen) atoms. The average Bonchev–Trinajstić information content (AvgIpc) is 3.63. The quantitative estimate of drug-likeness (QED) is 0.0543. The van der Waals surface area contributed by atoms with Gasteiger partial charge < -0.3 is 70.2 Å². The van der Waals surface area contributed by atoms with Crippen LogP contribution >= 0.6 is 25.8 Å². The molecule has 24 heteroatoms. The Morgan fingerprint density at radius 1 is 1.08 bits per heavy atom. The van der Waals surface area contributed by atoms with E-state index in [9.17, 15) is 39.4 Å². The molecule has 1 saturated heterocycles. The fourth-order valence-electron chi connectivity index (χ4n) is 3.31. The highest BCUT2D eigenvalue weighted by molar-refractivity contribution is 7.54. The monoisotopic (exact) mass is 764 g/mol. The van der Waals surface area contributed by atoms with E-state index in [2.05, 4.69) is 25.6 Å². The summed E-state index contributed by atoms with van der Waals surface area (Å²) in [5.41, 5.74) is 10.6. The number of aliphatic hydroxyl groups excluding tert-OH is 2. The first kappa shape index (κ1) is 47.1. The van der Waals surface area contributed by atoms with Crippen molar-refractivity contribution in [1.82, 2.24) is 30.2 Å². The van der Waals surface area contributed by atoms with Gasteiger partial charge in [0.05, 0.1) is 25.6 Å². The number of aromatic nitrogens is 4. The number of nitrogens with two attached hydrogens (primary N) is 2. The number of hydrogen-bond acceptors (Lipinski definition) is 18. The fourth-order valence-corrected chi connectivity index (χ4v) is 5.36. The summed E-state index contributed by atoms with van der Waals surface area (Å²) in [6.07, 6.45) is -0.764. The van der Waals surface area contributed by atoms with Crippen LogP contribution < -0.4 is 22.1 Å². The molecular weight excluding hydrogens is 713 g/mol. The molecule has 1 aliphatic heterocycles. The molecule has 0 bridgehead atoms. The third kappa shape index (κ3) is 17.2. The topological polar surface area (TPSA) is 321 Å². The number of nitrogen functional groups attached to an aromatic ring is 1. The largest absolute Gasteiger partial charge is 0.393 e. The standard InChI is InChI=1S/C16H28N5O11P3.C4H9NO.C3H8N2O.C2H6/c1-8(22)16(2,3)5-29-35(27)32-34(26)28-4-9-12(31-33(24)25)11(23)15(30-9)21-7-20-10-13(17)18-6-19-14(10)21;1-2-3-5-4-6;4-1-2-5-3-6;1-2/h6-9,11-12,15,22-27H,4-5H2,1-3H3,(H2,17,18,19);4H,2-3H2,1H3,(H,5,6);3H,1-2,4H2,(H,5,6);1-2H3. The van der Waals surface area contributed by atoms with Crippen molar-refractivity contribution in [1.29, 1.82) is 0 Å². The maximum Gasteiger partial charge on any atom is 0.337 e. The van der Waals surface area contributed by atoms with Crippen molar-refractivity contribution in [3.63, 3.8) is 0 Å². The second-order valence-corrected chi connectivity index (χ2v) is 13.0. The Bertz CT molecular complexity index is 1160. The number of anilines is 1. The number of carbonyl (C=O) groups is 2. The van der Waals surface area contributed by atoms with Crippen LogP contribution in [0.3, 0.4) is 0 Å². The van der Waals surface area contributed by atoms with Gasteiger partial charge in [0.25, 0.3) is 0 Å². The molecular formula is C25H51N8O13P3. The van der Waals surface area contributed by atoms with Crippen LogP contribution in [0.2, 0.25) is 0 Å². The maximum absolute atomic E-state index is 10.8. The number of aliphatic hydroxyl groups is 2. The zero-order valence-electron chi connectivity index (χ0n) is 28.3. The Balaban J connectivity index is 0.00000139. The Hall–Kier alpha value is -1.90. The smallest absolute Gasteiger partial charge is 0.337 e. The molecule has 2 aromatic rings. The Morgan fingerprint density at radius 3 is 2.20 bits per heavy atom. The number of amides is 2. The van der Waals surface area contributed by atoms with E-state index in [1.807, 2.05) is 20.8 Å². The van der Waals surface area contributed by atoms with Crippen LogP contribution in [0.25, 0.3) is 11.2 Å². The second kappa shape index (κ2) is 26.0. The van der Waals surface area contributed by atoms with Crippen LogP contribution in [0.5, 0.6) is 0 Å². The summed E-state index contributed by atoms with van der Waals surface area (Å²) >= 11 is 0. The number of nitrogens with one attached hydrogen (secondary N) is 2. The van der Waals surface area contributed by atoms with Crippen LogP contribution in [0, 0.1) is 5.41 Å². The molecule has 21 nitrogen and oxygen atoms in total. The van der Waals surface area contributed by atoms with Crippen LogP contribution in [0.1, 0.15) is 54.2 Å². The molecule has 0 aliphatic carbocycles. The van der Waals surface area contributed by atoms with Gasteiger partial charge in [-0.05, 0) is 13.3 Å². The van der Waals surface area contributed by atoms with Crippen molar-refractivity contribution in [3.8, 4) is 0 Å². The molecule has 0 aromatic carbocycles. The molecule has 2 amide bonds.